The average molecular weight is 356 g/mol. The number of rotatable bonds is 10. The van der Waals surface area contributed by atoms with Gasteiger partial charge in [-0.2, -0.15) is 4.72 Å². The van der Waals surface area contributed by atoms with Gasteiger partial charge in [0.05, 0.1) is 11.5 Å². The highest BCUT2D eigenvalue weighted by Crippen LogP contribution is 2.17. The highest BCUT2D eigenvalue weighted by molar-refractivity contribution is 7.89. The van der Waals surface area contributed by atoms with E-state index in [9.17, 15) is 13.2 Å². The van der Waals surface area contributed by atoms with E-state index in [1.165, 1.54) is 17.6 Å². The van der Waals surface area contributed by atoms with Crippen LogP contribution in [0.2, 0.25) is 0 Å². The quantitative estimate of drug-likeness (QED) is 0.257. The Balaban J connectivity index is 2.85. The number of carbonyl (C=O) groups is 1. The molecule has 8 heteroatoms. The molecule has 0 heterocycles. The van der Waals surface area contributed by atoms with E-state index >= 15 is 0 Å². The standard InChI is InChI=1S/C16H24N2O5S/c1-4-5-10-23-13-6-8-14(9-7-13)24(21,22)18-15(11-12(2)3)16(19)17-20/h4,6-9,12,15,18,20H,1,5,10-11H2,2-3H3,(H,17,19)/t15-/m1/s1. The Morgan fingerprint density at radius 3 is 2.46 bits per heavy atom. The highest BCUT2D eigenvalue weighted by Gasteiger charge is 2.26. The molecule has 134 valence electrons. The summed E-state index contributed by atoms with van der Waals surface area (Å²) < 4.78 is 32.5. The lowest BCUT2D eigenvalue weighted by molar-refractivity contribution is -0.131. The zero-order valence-electron chi connectivity index (χ0n) is 13.9. The Bertz CT molecular complexity index is 641. The molecule has 0 radical (unpaired) electrons. The number of nitrogens with one attached hydrogen (secondary N) is 2. The van der Waals surface area contributed by atoms with Crippen molar-refractivity contribution in [1.82, 2.24) is 10.2 Å². The minimum atomic E-state index is -3.90. The number of ether oxygens (including phenoxy) is 1. The van der Waals surface area contributed by atoms with Gasteiger partial charge in [-0.3, -0.25) is 10.0 Å². The molecule has 1 aromatic carbocycles. The monoisotopic (exact) mass is 356 g/mol. The van der Waals surface area contributed by atoms with Crippen LogP contribution in [0.4, 0.5) is 0 Å². The molecule has 0 unspecified atom stereocenters. The third-order valence-electron chi connectivity index (χ3n) is 3.16. The Morgan fingerprint density at radius 1 is 1.33 bits per heavy atom. The molecule has 7 nitrogen and oxygen atoms in total. The molecule has 1 rings (SSSR count). The largest absolute Gasteiger partial charge is 0.493 e. The van der Waals surface area contributed by atoms with Gasteiger partial charge in [-0.1, -0.05) is 19.9 Å². The summed E-state index contributed by atoms with van der Waals surface area (Å²) >= 11 is 0. The van der Waals surface area contributed by atoms with Gasteiger partial charge >= 0.3 is 0 Å². The molecule has 1 amide bonds. The van der Waals surface area contributed by atoms with E-state index in [1.807, 2.05) is 13.8 Å². The Hall–Kier alpha value is -1.90. The van der Waals surface area contributed by atoms with Gasteiger partial charge in [-0.05, 0) is 43.0 Å². The van der Waals surface area contributed by atoms with Gasteiger partial charge in [-0.25, -0.2) is 13.9 Å². The van der Waals surface area contributed by atoms with Crippen LogP contribution < -0.4 is 14.9 Å². The molecular weight excluding hydrogens is 332 g/mol. The number of hydrogen-bond acceptors (Lipinski definition) is 5. The lowest BCUT2D eigenvalue weighted by Crippen LogP contribution is -2.46. The maximum atomic E-state index is 12.4. The van der Waals surface area contributed by atoms with Crippen molar-refractivity contribution < 1.29 is 23.2 Å². The van der Waals surface area contributed by atoms with Gasteiger partial charge in [0.2, 0.25) is 10.0 Å². The zero-order chi connectivity index (χ0) is 18.2. The predicted octanol–water partition coefficient (Wildman–Crippen LogP) is 1.84. The summed E-state index contributed by atoms with van der Waals surface area (Å²) in [5, 5.41) is 8.77. The summed E-state index contributed by atoms with van der Waals surface area (Å²) in [6, 6.07) is 4.83. The summed E-state index contributed by atoms with van der Waals surface area (Å²) in [4.78, 5) is 11.7. The molecule has 1 aromatic rings. The van der Waals surface area contributed by atoms with Gasteiger partial charge in [0.15, 0.2) is 0 Å². The first-order valence-corrected chi connectivity index (χ1v) is 9.08. The Kier molecular flexibility index (Phi) is 7.90. The number of hydrogen-bond donors (Lipinski definition) is 3. The summed E-state index contributed by atoms with van der Waals surface area (Å²) in [5.74, 6) is -0.185. The second kappa shape index (κ2) is 9.41. The summed E-state index contributed by atoms with van der Waals surface area (Å²) in [5.41, 5.74) is 1.49. The number of benzene rings is 1. The highest BCUT2D eigenvalue weighted by atomic mass is 32.2. The summed E-state index contributed by atoms with van der Waals surface area (Å²) in [7, 11) is -3.90. The normalized spacial score (nSPS) is 12.7. The Labute approximate surface area is 142 Å². The van der Waals surface area contributed by atoms with E-state index in [4.69, 9.17) is 9.94 Å². The molecule has 0 aliphatic rings. The first kappa shape index (κ1) is 20.1. The van der Waals surface area contributed by atoms with Crippen LogP contribution in [0.1, 0.15) is 26.7 Å². The molecular formula is C16H24N2O5S. The van der Waals surface area contributed by atoms with Crippen molar-refractivity contribution in [3.8, 4) is 5.75 Å². The van der Waals surface area contributed by atoms with Crippen molar-refractivity contribution in [2.24, 2.45) is 5.92 Å². The van der Waals surface area contributed by atoms with E-state index in [0.717, 1.165) is 0 Å². The molecule has 0 saturated carbocycles. The maximum absolute atomic E-state index is 12.4. The number of carbonyl (C=O) groups excluding carboxylic acids is 1. The van der Waals surface area contributed by atoms with Crippen LogP contribution in [0.15, 0.2) is 41.8 Å². The van der Waals surface area contributed by atoms with Gasteiger partial charge in [0.1, 0.15) is 11.8 Å². The average Bonchev–Trinajstić information content (AvgIpc) is 2.53. The zero-order valence-corrected chi connectivity index (χ0v) is 14.7. The second-order valence-electron chi connectivity index (χ2n) is 5.68. The van der Waals surface area contributed by atoms with Crippen molar-refractivity contribution >= 4 is 15.9 Å². The van der Waals surface area contributed by atoms with Crippen LogP contribution in [-0.2, 0) is 14.8 Å². The topological polar surface area (TPSA) is 105 Å². The fourth-order valence-electron chi connectivity index (χ4n) is 1.99. The molecule has 3 N–H and O–H groups in total. The number of sulfonamides is 1. The lowest BCUT2D eigenvalue weighted by Gasteiger charge is -2.18. The van der Waals surface area contributed by atoms with Gasteiger partial charge < -0.3 is 4.74 Å². The fourth-order valence-corrected chi connectivity index (χ4v) is 3.20. The third-order valence-corrected chi connectivity index (χ3v) is 4.64. The summed E-state index contributed by atoms with van der Waals surface area (Å²) in [6.45, 7) is 7.75. The molecule has 0 fully saturated rings. The van der Waals surface area contributed by atoms with E-state index in [-0.39, 0.29) is 17.2 Å². The van der Waals surface area contributed by atoms with Crippen LogP contribution in [0.5, 0.6) is 5.75 Å². The summed E-state index contributed by atoms with van der Waals surface area (Å²) in [6.07, 6.45) is 2.67. The molecule has 0 aromatic heterocycles. The van der Waals surface area contributed by atoms with Crippen molar-refractivity contribution in [3.63, 3.8) is 0 Å². The van der Waals surface area contributed by atoms with Crippen molar-refractivity contribution in [1.29, 1.82) is 0 Å². The first-order valence-electron chi connectivity index (χ1n) is 7.60. The number of amides is 1. The minimum Gasteiger partial charge on any atom is -0.493 e. The van der Waals surface area contributed by atoms with Gasteiger partial charge in [0.25, 0.3) is 5.91 Å². The molecule has 0 bridgehead atoms. The fraction of sp³-hybridized carbons (Fsp3) is 0.438. The van der Waals surface area contributed by atoms with Crippen molar-refractivity contribution in [2.45, 2.75) is 37.6 Å². The lowest BCUT2D eigenvalue weighted by atomic mass is 10.0. The SMILES string of the molecule is C=CCCOc1ccc(S(=O)(=O)N[C@H](CC(C)C)C(=O)NO)cc1. The van der Waals surface area contributed by atoms with Crippen LogP contribution in [-0.4, -0.2) is 32.2 Å². The van der Waals surface area contributed by atoms with Crippen molar-refractivity contribution in [3.05, 3.63) is 36.9 Å². The smallest absolute Gasteiger partial charge is 0.261 e. The maximum Gasteiger partial charge on any atom is 0.261 e. The third kappa shape index (κ3) is 6.31. The van der Waals surface area contributed by atoms with Crippen LogP contribution >= 0.6 is 0 Å². The number of hydroxylamine groups is 1. The molecule has 1 atom stereocenters. The van der Waals surface area contributed by atoms with Crippen LogP contribution in [0, 0.1) is 5.92 Å². The van der Waals surface area contributed by atoms with Crippen LogP contribution in [0.25, 0.3) is 0 Å². The van der Waals surface area contributed by atoms with Gasteiger partial charge in [-0.15, -0.1) is 6.58 Å². The molecule has 0 saturated heterocycles. The van der Waals surface area contributed by atoms with E-state index in [0.29, 0.717) is 18.8 Å². The van der Waals surface area contributed by atoms with Crippen LogP contribution in [0.3, 0.4) is 0 Å². The van der Waals surface area contributed by atoms with E-state index in [1.54, 1.807) is 18.2 Å². The minimum absolute atomic E-state index is 0.0121. The first-order chi connectivity index (χ1) is 11.3. The molecule has 24 heavy (non-hydrogen) atoms. The Morgan fingerprint density at radius 2 is 1.96 bits per heavy atom. The predicted molar refractivity (Wildman–Crippen MR) is 90.2 cm³/mol. The van der Waals surface area contributed by atoms with Gasteiger partial charge in [0, 0.05) is 0 Å². The van der Waals surface area contributed by atoms with E-state index < -0.39 is 22.0 Å². The molecule has 0 aliphatic carbocycles. The second-order valence-corrected chi connectivity index (χ2v) is 7.39. The van der Waals surface area contributed by atoms with E-state index in [2.05, 4.69) is 11.3 Å². The molecule has 0 spiro atoms. The molecule has 0 aliphatic heterocycles. The van der Waals surface area contributed by atoms with Crippen molar-refractivity contribution in [2.75, 3.05) is 6.61 Å².